The normalized spacial score (nSPS) is 14.3. The third-order valence-electron chi connectivity index (χ3n) is 13.7. The molecule has 3 heteroatoms. The lowest BCUT2D eigenvalue weighted by molar-refractivity contribution is 0.431. The first-order valence-corrected chi connectivity index (χ1v) is 22.5. The number of ether oxygens (including phenoxy) is 1. The molecule has 0 N–H and O–H groups in total. The fourth-order valence-electron chi connectivity index (χ4n) is 11.1. The molecule has 10 aromatic rings. The highest BCUT2D eigenvalue weighted by Crippen LogP contribution is 2.62. The summed E-state index contributed by atoms with van der Waals surface area (Å²) in [6.45, 7) is 0. The van der Waals surface area contributed by atoms with E-state index in [1.165, 1.54) is 65.1 Å². The molecule has 0 fully saturated rings. The lowest BCUT2D eigenvalue weighted by atomic mass is 9.63. The minimum absolute atomic E-state index is 0.482. The van der Waals surface area contributed by atoms with E-state index < -0.39 is 10.8 Å². The summed E-state index contributed by atoms with van der Waals surface area (Å²) in [6.07, 6.45) is 0. The van der Waals surface area contributed by atoms with Crippen molar-refractivity contribution >= 4 is 39.6 Å². The first kappa shape index (κ1) is 36.1. The maximum absolute atomic E-state index is 6.72. The third-order valence-corrected chi connectivity index (χ3v) is 14.8. The van der Waals surface area contributed by atoms with Crippen LogP contribution in [0.5, 0.6) is 11.5 Å². The molecule has 0 saturated carbocycles. The monoisotopic (exact) mass is 821 g/mol. The molecule has 0 aromatic heterocycles. The number of rotatable bonds is 5. The number of fused-ring (bicyclic) bond motifs is 12. The van der Waals surface area contributed by atoms with Gasteiger partial charge in [-0.1, -0.05) is 194 Å². The molecule has 0 atom stereocenters. The molecule has 1 aliphatic carbocycles. The van der Waals surface area contributed by atoms with Crippen LogP contribution in [0.25, 0.3) is 21.9 Å². The summed E-state index contributed by atoms with van der Waals surface area (Å²) in [5, 5.41) is 2.39. The van der Waals surface area contributed by atoms with Gasteiger partial charge in [0.15, 0.2) is 0 Å². The maximum atomic E-state index is 6.72. The molecule has 0 radical (unpaired) electrons. The number of benzene rings is 10. The number of anilines is 3. The van der Waals surface area contributed by atoms with Crippen molar-refractivity contribution in [2.75, 3.05) is 4.90 Å². The van der Waals surface area contributed by atoms with Crippen LogP contribution >= 0.6 is 11.8 Å². The standard InChI is InChI=1S/C60H39NOS/c1-2-19-41(20-3-1)59(48-24-8-6-22-46(48)47-23-7-9-25-49(47)59)42-33-35-43(36-34-42)61(54-29-16-18-40-17-4-5-21-45(40)54)44-37-38-58-53(39-44)60(52-28-12-15-32-57(52)63-58)50-26-10-13-30-55(50)62-56-31-14-11-27-51(56)60/h1-39H. The van der Waals surface area contributed by atoms with Crippen LogP contribution in [0.3, 0.4) is 0 Å². The molecule has 13 rings (SSSR count). The Morgan fingerprint density at radius 2 is 0.873 bits per heavy atom. The predicted octanol–water partition coefficient (Wildman–Crippen LogP) is 15.6. The first-order chi connectivity index (χ1) is 31.2. The lowest BCUT2D eigenvalue weighted by Crippen LogP contribution is -2.36. The van der Waals surface area contributed by atoms with Crippen molar-refractivity contribution in [1.29, 1.82) is 0 Å². The largest absolute Gasteiger partial charge is 0.457 e. The molecule has 0 bridgehead atoms. The van der Waals surface area contributed by atoms with Crippen molar-refractivity contribution in [3.63, 3.8) is 0 Å². The van der Waals surface area contributed by atoms with Crippen LogP contribution in [0.15, 0.2) is 246 Å². The highest BCUT2D eigenvalue weighted by Gasteiger charge is 2.50. The zero-order valence-electron chi connectivity index (χ0n) is 34.3. The SMILES string of the molecule is c1ccc(C2(c3ccc(N(c4ccc5c(c4)C4(c6ccccc6Oc6ccccc64)c4ccccc4S5)c4cccc5ccccc45)cc3)c3ccccc3-c3ccccc32)cc1. The molecule has 296 valence electrons. The van der Waals surface area contributed by atoms with Crippen molar-refractivity contribution in [1.82, 2.24) is 0 Å². The molecule has 2 nitrogen and oxygen atoms in total. The second kappa shape index (κ2) is 14.0. The number of nitrogens with zero attached hydrogens (tertiary/aromatic N) is 1. The van der Waals surface area contributed by atoms with Crippen molar-refractivity contribution in [2.45, 2.75) is 20.6 Å². The van der Waals surface area contributed by atoms with Crippen LogP contribution in [0.2, 0.25) is 0 Å². The molecular formula is C60H39NOS. The van der Waals surface area contributed by atoms with Gasteiger partial charge in [-0.3, -0.25) is 0 Å². The van der Waals surface area contributed by atoms with Crippen molar-refractivity contribution in [2.24, 2.45) is 0 Å². The van der Waals surface area contributed by atoms with Crippen LogP contribution < -0.4 is 9.64 Å². The summed E-state index contributed by atoms with van der Waals surface area (Å²) in [5.41, 5.74) is 14.7. The van der Waals surface area contributed by atoms with E-state index in [2.05, 4.69) is 241 Å². The molecule has 63 heavy (non-hydrogen) atoms. The second-order valence-electron chi connectivity index (χ2n) is 16.7. The fourth-order valence-corrected chi connectivity index (χ4v) is 12.3. The van der Waals surface area contributed by atoms with E-state index in [0.717, 1.165) is 39.7 Å². The Morgan fingerprint density at radius 3 is 1.59 bits per heavy atom. The van der Waals surface area contributed by atoms with E-state index in [-0.39, 0.29) is 0 Å². The van der Waals surface area contributed by atoms with Gasteiger partial charge in [-0.25, -0.2) is 0 Å². The van der Waals surface area contributed by atoms with Crippen LogP contribution in [-0.4, -0.2) is 0 Å². The zero-order chi connectivity index (χ0) is 41.5. The van der Waals surface area contributed by atoms with E-state index >= 15 is 0 Å². The van der Waals surface area contributed by atoms with Crippen molar-refractivity contribution < 1.29 is 4.74 Å². The van der Waals surface area contributed by atoms with Crippen LogP contribution in [0, 0.1) is 0 Å². The molecular weight excluding hydrogens is 783 g/mol. The van der Waals surface area contributed by atoms with Crippen LogP contribution in [0.4, 0.5) is 17.1 Å². The fraction of sp³-hybridized carbons (Fsp3) is 0.0333. The lowest BCUT2D eigenvalue weighted by Gasteiger charge is -2.45. The van der Waals surface area contributed by atoms with E-state index in [1.807, 2.05) is 11.8 Å². The van der Waals surface area contributed by atoms with E-state index in [0.29, 0.717) is 0 Å². The predicted molar refractivity (Wildman–Crippen MR) is 258 cm³/mol. The minimum Gasteiger partial charge on any atom is -0.457 e. The van der Waals surface area contributed by atoms with E-state index in [4.69, 9.17) is 4.74 Å². The van der Waals surface area contributed by atoms with E-state index in [9.17, 15) is 0 Å². The Morgan fingerprint density at radius 1 is 0.349 bits per heavy atom. The summed E-state index contributed by atoms with van der Waals surface area (Å²) in [4.78, 5) is 4.96. The summed E-state index contributed by atoms with van der Waals surface area (Å²) in [7, 11) is 0. The van der Waals surface area contributed by atoms with Gasteiger partial charge in [0.25, 0.3) is 0 Å². The highest BCUT2D eigenvalue weighted by molar-refractivity contribution is 7.99. The smallest absolute Gasteiger partial charge is 0.132 e. The van der Waals surface area contributed by atoms with Gasteiger partial charge in [-0.05, 0) is 104 Å². The second-order valence-corrected chi connectivity index (χ2v) is 17.8. The van der Waals surface area contributed by atoms with Gasteiger partial charge in [0.2, 0.25) is 0 Å². The Balaban J connectivity index is 1.06. The van der Waals surface area contributed by atoms with Crippen molar-refractivity contribution in [3.8, 4) is 22.6 Å². The Kier molecular flexibility index (Phi) is 8.00. The average molecular weight is 822 g/mol. The van der Waals surface area contributed by atoms with Gasteiger partial charge in [0.05, 0.1) is 16.5 Å². The van der Waals surface area contributed by atoms with Gasteiger partial charge >= 0.3 is 0 Å². The Bertz CT molecular complexity index is 3270. The van der Waals surface area contributed by atoms with Gasteiger partial charge in [0.1, 0.15) is 11.5 Å². The molecule has 10 aromatic carbocycles. The molecule has 2 heterocycles. The van der Waals surface area contributed by atoms with Gasteiger partial charge in [0, 0.05) is 37.7 Å². The van der Waals surface area contributed by atoms with Crippen LogP contribution in [-0.2, 0) is 10.8 Å². The molecule has 0 saturated heterocycles. The van der Waals surface area contributed by atoms with E-state index in [1.54, 1.807) is 0 Å². The first-order valence-electron chi connectivity index (χ1n) is 21.7. The Hall–Kier alpha value is -7.59. The summed E-state index contributed by atoms with van der Waals surface area (Å²) in [6, 6.07) is 87.1. The topological polar surface area (TPSA) is 12.5 Å². The number of para-hydroxylation sites is 2. The zero-order valence-corrected chi connectivity index (χ0v) is 35.1. The quantitative estimate of drug-likeness (QED) is 0.172. The minimum atomic E-state index is -0.613. The number of hydrogen-bond acceptors (Lipinski definition) is 3. The maximum Gasteiger partial charge on any atom is 0.132 e. The molecule has 0 unspecified atom stereocenters. The number of hydrogen-bond donors (Lipinski definition) is 0. The molecule has 2 aliphatic heterocycles. The van der Waals surface area contributed by atoms with Crippen molar-refractivity contribution in [3.05, 3.63) is 281 Å². The summed E-state index contributed by atoms with van der Waals surface area (Å²) in [5.74, 6) is 1.77. The average Bonchev–Trinajstić information content (AvgIpc) is 3.66. The molecule has 1 spiro atoms. The van der Waals surface area contributed by atoms with Crippen LogP contribution in [0.1, 0.15) is 44.5 Å². The van der Waals surface area contributed by atoms with Gasteiger partial charge in [-0.15, -0.1) is 0 Å². The summed E-state index contributed by atoms with van der Waals surface area (Å²) >= 11 is 1.86. The summed E-state index contributed by atoms with van der Waals surface area (Å²) < 4.78 is 6.72. The Labute approximate surface area is 371 Å². The van der Waals surface area contributed by atoms with Gasteiger partial charge in [-0.2, -0.15) is 0 Å². The third kappa shape index (κ3) is 5.09. The molecule has 0 amide bonds. The van der Waals surface area contributed by atoms with Gasteiger partial charge < -0.3 is 9.64 Å². The highest BCUT2D eigenvalue weighted by atomic mass is 32.2. The molecule has 3 aliphatic rings.